The van der Waals surface area contributed by atoms with Gasteiger partial charge >= 0.3 is 5.97 Å². The molecule has 13 heteroatoms. The zero-order chi connectivity index (χ0) is 27.7. The van der Waals surface area contributed by atoms with E-state index >= 15 is 0 Å². The van der Waals surface area contributed by atoms with Crippen LogP contribution >= 0.6 is 12.2 Å². The summed E-state index contributed by atoms with van der Waals surface area (Å²) < 4.78 is 12.2. The summed E-state index contributed by atoms with van der Waals surface area (Å²) in [4.78, 5) is 37.8. The maximum absolute atomic E-state index is 12.7. The van der Waals surface area contributed by atoms with E-state index in [1.54, 1.807) is 22.7 Å². The molecule has 0 aliphatic rings. The van der Waals surface area contributed by atoms with E-state index in [1.807, 2.05) is 24.3 Å². The van der Waals surface area contributed by atoms with Crippen molar-refractivity contribution in [3.63, 3.8) is 0 Å². The molecule has 0 aliphatic heterocycles. The number of aromatic nitrogens is 4. The minimum atomic E-state index is -0.983. The molecule has 0 saturated heterocycles. The van der Waals surface area contributed by atoms with Crippen molar-refractivity contribution < 1.29 is 29.0 Å². The summed E-state index contributed by atoms with van der Waals surface area (Å²) >= 11 is 5.12. The van der Waals surface area contributed by atoms with E-state index in [2.05, 4.69) is 25.6 Å². The Morgan fingerprint density at radius 2 is 2.05 bits per heavy atom. The second-order valence-electron chi connectivity index (χ2n) is 8.21. The Hall–Kier alpha value is -4.36. The second kappa shape index (κ2) is 13.3. The number of hydrogen-bond donors (Lipinski definition) is 3. The number of carbonyl (C=O) groups is 3. The number of anilines is 2. The Morgan fingerprint density at radius 3 is 2.74 bits per heavy atom. The number of aromatic hydroxyl groups is 1. The summed E-state index contributed by atoms with van der Waals surface area (Å²) in [5.41, 5.74) is 2.27. The van der Waals surface area contributed by atoms with Crippen LogP contribution in [0.3, 0.4) is 0 Å². The van der Waals surface area contributed by atoms with Crippen LogP contribution in [-0.2, 0) is 19.1 Å². The van der Waals surface area contributed by atoms with Crippen LogP contribution in [0.4, 0.5) is 11.4 Å². The van der Waals surface area contributed by atoms with Gasteiger partial charge in [-0.15, -0.1) is 0 Å². The summed E-state index contributed by atoms with van der Waals surface area (Å²) in [7, 11) is 2.97. The molecule has 2 aromatic carbocycles. The number of methoxy groups -OCH3 is 1. The van der Waals surface area contributed by atoms with E-state index in [4.69, 9.17) is 17.0 Å². The van der Waals surface area contributed by atoms with Gasteiger partial charge in [-0.2, -0.15) is 5.21 Å². The topological polar surface area (TPSA) is 152 Å². The number of Topliss-reactive ketones (excluding diaryl/α,β-unsaturated/α-hetero) is 1. The van der Waals surface area contributed by atoms with Gasteiger partial charge in [-0.1, -0.05) is 22.5 Å². The first kappa shape index (κ1) is 28.2. The Labute approximate surface area is 223 Å². The maximum atomic E-state index is 12.7. The zero-order valence-electron chi connectivity index (χ0n) is 21.1. The lowest BCUT2D eigenvalue weighted by molar-refractivity contribution is -0.148. The van der Waals surface area contributed by atoms with Crippen molar-refractivity contribution in [3.8, 4) is 11.4 Å². The highest BCUT2D eigenvalue weighted by molar-refractivity contribution is 7.71. The third kappa shape index (κ3) is 7.33. The van der Waals surface area contributed by atoms with Gasteiger partial charge in [0.1, 0.15) is 30.9 Å². The van der Waals surface area contributed by atoms with Crippen LogP contribution < -0.4 is 10.2 Å². The van der Waals surface area contributed by atoms with Crippen molar-refractivity contribution in [2.24, 2.45) is 5.92 Å². The van der Waals surface area contributed by atoms with Crippen LogP contribution in [0.25, 0.3) is 5.69 Å². The minimum absolute atomic E-state index is 0.0176. The van der Waals surface area contributed by atoms with Gasteiger partial charge < -0.3 is 24.8 Å². The number of rotatable bonds is 13. The van der Waals surface area contributed by atoms with Crippen LogP contribution in [0.2, 0.25) is 0 Å². The molecule has 38 heavy (non-hydrogen) atoms. The largest absolute Gasteiger partial charge is 0.507 e. The average molecular weight is 541 g/mol. The van der Waals surface area contributed by atoms with E-state index in [-0.39, 0.29) is 37.0 Å². The highest BCUT2D eigenvalue weighted by Crippen LogP contribution is 2.25. The predicted molar refractivity (Wildman–Crippen MR) is 142 cm³/mol. The number of nitrogens with one attached hydrogen (secondary N) is 2. The molecule has 0 amide bonds. The van der Waals surface area contributed by atoms with Crippen LogP contribution in [0.15, 0.2) is 54.6 Å². The Kier molecular flexibility index (Phi) is 9.85. The molecular weight excluding hydrogens is 512 g/mol. The molecule has 1 aromatic heterocycles. The molecule has 0 aliphatic carbocycles. The fourth-order valence-electron chi connectivity index (χ4n) is 3.44. The summed E-state index contributed by atoms with van der Waals surface area (Å²) in [6.45, 7) is 1.67. The number of phenolic OH excluding ortho intramolecular Hbond substituents is 1. The Balaban J connectivity index is 1.55. The molecule has 0 radical (unpaired) electrons. The molecule has 200 valence electrons. The van der Waals surface area contributed by atoms with E-state index in [1.165, 1.54) is 38.3 Å². The molecule has 3 aromatic rings. The SMILES string of the molecule is COC(=O)C(CC=CC(=O)c1cc(N(C)COCNc2cccc(-n3[nH]nnc3=S)c2)ccc1O)C(C)=O. The molecule has 3 rings (SSSR count). The number of benzene rings is 2. The number of esters is 1. The molecule has 0 saturated carbocycles. The standard InChI is InChI=1S/C25H28N6O6S/c1-16(32)20(24(35)36-3)8-5-9-22(33)21-13-18(10-11-23(21)34)30(2)15-37-14-26-17-6-4-7-19(12-17)31-25(38)27-28-29-31/h4-7,9-13,20,26,34H,8,14-15H2,1-3H3,(H,27,29,38). The lowest BCUT2D eigenvalue weighted by Gasteiger charge is -2.20. The average Bonchev–Trinajstić information content (AvgIpc) is 3.34. The number of phenols is 1. The quantitative estimate of drug-likeness (QED) is 0.0558. The van der Waals surface area contributed by atoms with Gasteiger partial charge in [0.2, 0.25) is 4.77 Å². The van der Waals surface area contributed by atoms with E-state index < -0.39 is 17.7 Å². The number of hydrogen-bond acceptors (Lipinski definition) is 11. The van der Waals surface area contributed by atoms with Crippen molar-refractivity contribution in [3.05, 3.63) is 65.0 Å². The lowest BCUT2D eigenvalue weighted by atomic mass is 10.00. The first-order valence-corrected chi connectivity index (χ1v) is 11.9. The van der Waals surface area contributed by atoms with Crippen molar-refractivity contribution in [1.29, 1.82) is 0 Å². The van der Waals surface area contributed by atoms with Crippen molar-refractivity contribution in [1.82, 2.24) is 20.2 Å². The van der Waals surface area contributed by atoms with Gasteiger partial charge in [0.05, 0.1) is 18.4 Å². The highest BCUT2D eigenvalue weighted by Gasteiger charge is 2.22. The Morgan fingerprint density at radius 1 is 1.26 bits per heavy atom. The summed E-state index contributed by atoms with van der Waals surface area (Å²) in [5, 5.41) is 23.5. The number of ether oxygens (including phenoxy) is 2. The fraction of sp³-hybridized carbons (Fsp3) is 0.280. The van der Waals surface area contributed by atoms with Gasteiger partial charge in [-0.05, 0) is 68.0 Å². The number of ketones is 2. The molecule has 1 atom stereocenters. The number of carbonyl (C=O) groups excluding carboxylic acids is 3. The van der Waals surface area contributed by atoms with Crippen molar-refractivity contribution in [2.45, 2.75) is 13.3 Å². The van der Waals surface area contributed by atoms with E-state index in [9.17, 15) is 19.5 Å². The lowest BCUT2D eigenvalue weighted by Crippen LogP contribution is -2.23. The first-order valence-electron chi connectivity index (χ1n) is 11.5. The second-order valence-corrected chi connectivity index (χ2v) is 8.58. The van der Waals surface area contributed by atoms with Gasteiger partial charge in [-0.3, -0.25) is 14.4 Å². The minimum Gasteiger partial charge on any atom is -0.507 e. The highest BCUT2D eigenvalue weighted by atomic mass is 32.1. The fourth-order valence-corrected chi connectivity index (χ4v) is 3.63. The monoisotopic (exact) mass is 540 g/mol. The Bertz CT molecular complexity index is 1380. The molecule has 0 bridgehead atoms. The van der Waals surface area contributed by atoms with Crippen LogP contribution in [0, 0.1) is 10.7 Å². The zero-order valence-corrected chi connectivity index (χ0v) is 21.9. The summed E-state index contributed by atoms with van der Waals surface area (Å²) in [6.07, 6.45) is 2.66. The molecular formula is C25H28N6O6S. The maximum Gasteiger partial charge on any atom is 0.316 e. The normalized spacial score (nSPS) is 11.8. The number of tetrazole rings is 1. The third-order valence-electron chi connectivity index (χ3n) is 5.54. The first-order chi connectivity index (χ1) is 18.2. The van der Waals surface area contributed by atoms with Crippen LogP contribution in [0.1, 0.15) is 23.7 Å². The van der Waals surface area contributed by atoms with Gasteiger partial charge in [0, 0.05) is 18.4 Å². The van der Waals surface area contributed by atoms with E-state index in [0.717, 1.165) is 11.4 Å². The predicted octanol–water partition coefficient (Wildman–Crippen LogP) is 3.02. The van der Waals surface area contributed by atoms with Gasteiger partial charge in [0.15, 0.2) is 5.78 Å². The van der Waals surface area contributed by atoms with Crippen LogP contribution in [-0.4, -0.2) is 70.5 Å². The molecule has 1 unspecified atom stereocenters. The number of H-pyrrole nitrogens is 1. The number of aromatic amines is 1. The van der Waals surface area contributed by atoms with Crippen LogP contribution in [0.5, 0.6) is 5.75 Å². The molecule has 0 fully saturated rings. The number of allylic oxidation sites excluding steroid dienone is 2. The van der Waals surface area contributed by atoms with Gasteiger partial charge in [0.25, 0.3) is 0 Å². The van der Waals surface area contributed by atoms with Gasteiger partial charge in [-0.25, -0.2) is 4.68 Å². The van der Waals surface area contributed by atoms with Crippen molar-refractivity contribution >= 4 is 41.1 Å². The van der Waals surface area contributed by atoms with Crippen molar-refractivity contribution in [2.75, 3.05) is 37.8 Å². The third-order valence-corrected chi connectivity index (χ3v) is 5.81. The molecule has 3 N–H and O–H groups in total. The molecule has 0 spiro atoms. The van der Waals surface area contributed by atoms with E-state index in [0.29, 0.717) is 10.5 Å². The summed E-state index contributed by atoms with van der Waals surface area (Å²) in [5.74, 6) is -2.67. The summed E-state index contributed by atoms with van der Waals surface area (Å²) in [6, 6.07) is 12.0. The molecule has 1 heterocycles. The number of nitrogens with zero attached hydrogens (tertiary/aromatic N) is 4. The smallest absolute Gasteiger partial charge is 0.316 e. The molecule has 12 nitrogen and oxygen atoms in total.